The number of nitrogens with zero attached hydrogens (tertiary/aromatic N) is 4. The van der Waals surface area contributed by atoms with Gasteiger partial charge < -0.3 is 25.3 Å². The van der Waals surface area contributed by atoms with E-state index < -0.39 is 41.6 Å². The SMILES string of the molecule is Cc1cn([C@H]2CC(N=[N+]=[N-])[C@@H](COC(=O)CCCC(=O)OCSc3ccccc3CNCCC(N)=O)O2)c(=O)[nH]c1=O. The maximum Gasteiger partial charge on any atom is 0.330 e. The third kappa shape index (κ3) is 10.1. The largest absolute Gasteiger partial charge is 0.463 e. The molecule has 2 aromatic rings. The Hall–Kier alpha value is -4.11. The van der Waals surface area contributed by atoms with E-state index in [4.69, 9.17) is 25.5 Å². The number of benzene rings is 1. The van der Waals surface area contributed by atoms with Crippen LogP contribution < -0.4 is 22.3 Å². The summed E-state index contributed by atoms with van der Waals surface area (Å²) in [7, 11) is 0. The Bertz CT molecular complexity index is 1420. The summed E-state index contributed by atoms with van der Waals surface area (Å²) < 4.78 is 17.5. The van der Waals surface area contributed by atoms with Gasteiger partial charge in [0.25, 0.3) is 5.56 Å². The monoisotopic (exact) mass is 603 g/mol. The Morgan fingerprint density at radius 2 is 1.95 bits per heavy atom. The predicted octanol–water partition coefficient (Wildman–Crippen LogP) is 1.78. The standard InChI is InChI=1S/C26H33N7O8S/c1-16-13-33(26(38)30-25(16)37)22-11-18(31-32-28)19(41-22)14-39-23(35)7-4-8-24(36)40-15-42-20-6-3-2-5-17(20)12-29-10-9-21(27)34/h2-3,5-6,13,18-19,22,29H,4,7-12,14-15H2,1H3,(H2,27,34)(H,30,37,38)/t18?,19-,22-/m1/s1. The lowest BCUT2D eigenvalue weighted by Crippen LogP contribution is -2.33. The van der Waals surface area contributed by atoms with Crippen LogP contribution in [-0.4, -0.2) is 58.6 Å². The molecule has 1 aromatic heterocycles. The van der Waals surface area contributed by atoms with Crippen molar-refractivity contribution in [2.24, 2.45) is 10.8 Å². The number of carbonyl (C=O) groups is 3. The average molecular weight is 604 g/mol. The molecule has 0 saturated carbocycles. The van der Waals surface area contributed by atoms with E-state index in [9.17, 15) is 24.0 Å². The van der Waals surface area contributed by atoms with Crippen molar-refractivity contribution in [3.8, 4) is 0 Å². The van der Waals surface area contributed by atoms with E-state index in [1.165, 1.54) is 29.4 Å². The third-order valence-electron chi connectivity index (χ3n) is 6.30. The molecule has 0 radical (unpaired) electrons. The van der Waals surface area contributed by atoms with E-state index in [1.54, 1.807) is 0 Å². The first kappa shape index (κ1) is 32.4. The lowest BCUT2D eigenvalue weighted by Gasteiger charge is -2.16. The zero-order valence-corrected chi connectivity index (χ0v) is 23.8. The van der Waals surface area contributed by atoms with Crippen LogP contribution in [-0.2, 0) is 35.1 Å². The lowest BCUT2D eigenvalue weighted by atomic mass is 10.1. The fourth-order valence-corrected chi connectivity index (χ4v) is 4.92. The Kier molecular flexibility index (Phi) is 12.6. The zero-order valence-electron chi connectivity index (χ0n) is 23.0. The van der Waals surface area contributed by atoms with Gasteiger partial charge in [0.05, 0.1) is 6.04 Å². The number of rotatable bonds is 16. The van der Waals surface area contributed by atoms with Crippen LogP contribution >= 0.6 is 11.8 Å². The molecule has 0 bridgehead atoms. The van der Waals surface area contributed by atoms with Gasteiger partial charge in [-0.25, -0.2) is 4.79 Å². The highest BCUT2D eigenvalue weighted by Crippen LogP contribution is 2.30. The van der Waals surface area contributed by atoms with Crippen LogP contribution in [0.3, 0.4) is 0 Å². The minimum atomic E-state index is -0.815. The molecular formula is C26H33N7O8S. The number of aryl methyl sites for hydroxylation is 1. The topological polar surface area (TPSA) is 221 Å². The second-order valence-corrected chi connectivity index (χ2v) is 10.4. The minimum absolute atomic E-state index is 0.0177. The fourth-order valence-electron chi connectivity index (χ4n) is 4.10. The number of H-pyrrole nitrogens is 1. The Morgan fingerprint density at radius 3 is 2.69 bits per heavy atom. The van der Waals surface area contributed by atoms with Crippen molar-refractivity contribution in [3.05, 3.63) is 72.9 Å². The number of esters is 2. The van der Waals surface area contributed by atoms with Gasteiger partial charge in [0.15, 0.2) is 0 Å². The zero-order chi connectivity index (χ0) is 30.5. The molecule has 1 aliphatic rings. The van der Waals surface area contributed by atoms with Gasteiger partial charge in [-0.15, -0.1) is 0 Å². The number of nitrogens with one attached hydrogen (secondary N) is 2. The quantitative estimate of drug-likeness (QED) is 0.0480. The molecule has 15 nitrogen and oxygen atoms in total. The molecule has 42 heavy (non-hydrogen) atoms. The van der Waals surface area contributed by atoms with E-state index in [0.29, 0.717) is 18.7 Å². The Labute approximate surface area is 244 Å². The van der Waals surface area contributed by atoms with E-state index in [1.807, 2.05) is 24.3 Å². The van der Waals surface area contributed by atoms with Gasteiger partial charge in [-0.05, 0) is 30.5 Å². The molecule has 226 valence electrons. The van der Waals surface area contributed by atoms with Gasteiger partial charge in [-0.3, -0.25) is 28.7 Å². The summed E-state index contributed by atoms with van der Waals surface area (Å²) >= 11 is 1.35. The molecule has 1 amide bonds. The van der Waals surface area contributed by atoms with Gasteiger partial charge in [0.2, 0.25) is 5.91 Å². The second-order valence-electron chi connectivity index (χ2n) is 9.43. The normalized spacial score (nSPS) is 17.8. The summed E-state index contributed by atoms with van der Waals surface area (Å²) in [5.41, 5.74) is 14.2. The van der Waals surface area contributed by atoms with Gasteiger partial charge >= 0.3 is 17.6 Å². The molecule has 4 N–H and O–H groups in total. The lowest BCUT2D eigenvalue weighted by molar-refractivity contribution is -0.149. The van der Waals surface area contributed by atoms with Crippen molar-refractivity contribution >= 4 is 29.6 Å². The van der Waals surface area contributed by atoms with Crippen LogP contribution in [0.5, 0.6) is 0 Å². The first-order valence-corrected chi connectivity index (χ1v) is 14.2. The number of primary amides is 1. The molecule has 1 fully saturated rings. The van der Waals surface area contributed by atoms with Gasteiger partial charge in [0.1, 0.15) is 24.9 Å². The van der Waals surface area contributed by atoms with E-state index in [2.05, 4.69) is 20.3 Å². The predicted molar refractivity (Wildman–Crippen MR) is 151 cm³/mol. The van der Waals surface area contributed by atoms with Crippen LogP contribution in [0.2, 0.25) is 0 Å². The van der Waals surface area contributed by atoms with Gasteiger partial charge in [-0.1, -0.05) is 35.1 Å². The average Bonchev–Trinajstić information content (AvgIpc) is 3.35. The summed E-state index contributed by atoms with van der Waals surface area (Å²) in [6.07, 6.45) is 0.331. The van der Waals surface area contributed by atoms with Gasteiger partial charge in [0, 0.05) is 60.3 Å². The number of ether oxygens (including phenoxy) is 3. The highest BCUT2D eigenvalue weighted by molar-refractivity contribution is 7.99. The van der Waals surface area contributed by atoms with Crippen molar-refractivity contribution in [1.29, 1.82) is 0 Å². The first-order valence-electron chi connectivity index (χ1n) is 13.2. The molecule has 3 rings (SSSR count). The number of aromatic nitrogens is 2. The van der Waals surface area contributed by atoms with Crippen molar-refractivity contribution < 1.29 is 28.6 Å². The minimum Gasteiger partial charge on any atom is -0.463 e. The molecule has 1 saturated heterocycles. The number of aromatic amines is 1. The maximum atomic E-state index is 12.3. The highest BCUT2D eigenvalue weighted by Gasteiger charge is 2.37. The number of azide groups is 1. The second kappa shape index (κ2) is 16.4. The van der Waals surface area contributed by atoms with Crippen molar-refractivity contribution in [2.45, 2.75) is 68.8 Å². The van der Waals surface area contributed by atoms with Crippen LogP contribution in [0.4, 0.5) is 0 Å². The van der Waals surface area contributed by atoms with Crippen LogP contribution in [0.15, 0.2) is 50.1 Å². The summed E-state index contributed by atoms with van der Waals surface area (Å²) in [6.45, 7) is 2.33. The van der Waals surface area contributed by atoms with Crippen LogP contribution in [0.1, 0.15) is 49.5 Å². The fraction of sp³-hybridized carbons (Fsp3) is 0.500. The molecule has 1 unspecified atom stereocenters. The van der Waals surface area contributed by atoms with Crippen LogP contribution in [0, 0.1) is 6.92 Å². The number of hydrogen-bond donors (Lipinski definition) is 3. The first-order chi connectivity index (χ1) is 20.2. The summed E-state index contributed by atoms with van der Waals surface area (Å²) in [5.74, 6) is -1.31. The molecule has 2 heterocycles. The smallest absolute Gasteiger partial charge is 0.330 e. The maximum absolute atomic E-state index is 12.3. The van der Waals surface area contributed by atoms with Crippen LogP contribution in [0.25, 0.3) is 10.4 Å². The summed E-state index contributed by atoms with van der Waals surface area (Å²) in [6, 6.07) is 6.91. The number of amides is 1. The molecular weight excluding hydrogens is 570 g/mol. The number of hydrogen-bond acceptors (Lipinski definition) is 11. The van der Waals surface area contributed by atoms with Crippen molar-refractivity contribution in [2.75, 3.05) is 19.1 Å². The molecule has 1 aliphatic heterocycles. The van der Waals surface area contributed by atoms with Crippen molar-refractivity contribution in [3.63, 3.8) is 0 Å². The van der Waals surface area contributed by atoms with Crippen molar-refractivity contribution in [1.82, 2.24) is 14.9 Å². The number of nitrogens with two attached hydrogens (primary N) is 1. The molecule has 16 heteroatoms. The molecule has 0 aliphatic carbocycles. The van der Waals surface area contributed by atoms with E-state index >= 15 is 0 Å². The van der Waals surface area contributed by atoms with E-state index in [-0.39, 0.29) is 50.6 Å². The molecule has 3 atom stereocenters. The Balaban J connectivity index is 1.37. The Morgan fingerprint density at radius 1 is 1.21 bits per heavy atom. The number of carbonyl (C=O) groups excluding carboxylic acids is 3. The van der Waals surface area contributed by atoms with E-state index in [0.717, 1.165) is 10.5 Å². The summed E-state index contributed by atoms with van der Waals surface area (Å²) in [4.78, 5) is 65.0. The number of thioether (sulfide) groups is 1. The molecule has 0 spiro atoms. The molecule has 1 aromatic carbocycles. The third-order valence-corrected chi connectivity index (χ3v) is 7.25. The van der Waals surface area contributed by atoms with Gasteiger partial charge in [-0.2, -0.15) is 0 Å². The summed E-state index contributed by atoms with van der Waals surface area (Å²) in [5, 5.41) is 6.83. The highest BCUT2D eigenvalue weighted by atomic mass is 32.2.